The number of benzene rings is 2. The molecule has 1 amide bonds. The summed E-state index contributed by atoms with van der Waals surface area (Å²) in [6, 6.07) is 6.80. The summed E-state index contributed by atoms with van der Waals surface area (Å²) in [6.45, 7) is 0.746. The highest BCUT2D eigenvalue weighted by Crippen LogP contribution is 2.37. The number of hydrogen-bond acceptors (Lipinski definition) is 7. The maximum absolute atomic E-state index is 12.1. The number of phenols is 1. The zero-order valence-electron chi connectivity index (χ0n) is 14.1. The van der Waals surface area contributed by atoms with Crippen molar-refractivity contribution >= 4 is 34.9 Å². The first-order valence-electron chi connectivity index (χ1n) is 7.75. The minimum absolute atomic E-state index is 0.0201. The Hall–Kier alpha value is -3.26. The molecule has 1 aliphatic heterocycles. The minimum Gasteiger partial charge on any atom is -0.507 e. The summed E-state index contributed by atoms with van der Waals surface area (Å²) < 4.78 is 15.3. The molecule has 0 atom stereocenters. The SMILES string of the molecule is CC(=O)c1cc2c(cc1NC(=O)COC(=O)c1ccc(Cl)cc1O)OCO2. The second-order valence-corrected chi connectivity index (χ2v) is 6.03. The number of carbonyl (C=O) groups excluding carboxylic acids is 3. The van der Waals surface area contributed by atoms with Crippen LogP contribution < -0.4 is 14.8 Å². The summed E-state index contributed by atoms with van der Waals surface area (Å²) >= 11 is 5.70. The van der Waals surface area contributed by atoms with Crippen molar-refractivity contribution < 1.29 is 33.7 Å². The lowest BCUT2D eigenvalue weighted by Crippen LogP contribution is -2.22. The van der Waals surface area contributed by atoms with E-state index in [9.17, 15) is 19.5 Å². The maximum Gasteiger partial charge on any atom is 0.342 e. The van der Waals surface area contributed by atoms with Gasteiger partial charge in [-0.05, 0) is 31.2 Å². The lowest BCUT2D eigenvalue weighted by Gasteiger charge is -2.11. The molecule has 0 fully saturated rings. The van der Waals surface area contributed by atoms with E-state index in [4.69, 9.17) is 25.8 Å². The van der Waals surface area contributed by atoms with Crippen LogP contribution in [0.15, 0.2) is 30.3 Å². The fraction of sp³-hybridized carbons (Fsp3) is 0.167. The Balaban J connectivity index is 1.67. The van der Waals surface area contributed by atoms with Gasteiger partial charge in [-0.1, -0.05) is 11.6 Å². The lowest BCUT2D eigenvalue weighted by molar-refractivity contribution is -0.119. The third-order valence-electron chi connectivity index (χ3n) is 3.68. The number of halogens is 1. The van der Waals surface area contributed by atoms with E-state index in [2.05, 4.69) is 5.32 Å². The molecule has 0 radical (unpaired) electrons. The Bertz CT molecular complexity index is 942. The molecule has 1 aliphatic rings. The highest BCUT2D eigenvalue weighted by atomic mass is 35.5. The first-order valence-corrected chi connectivity index (χ1v) is 8.13. The summed E-state index contributed by atoms with van der Waals surface area (Å²) in [5.41, 5.74) is 0.316. The molecule has 1 heterocycles. The molecule has 0 saturated heterocycles. The molecule has 8 nitrogen and oxygen atoms in total. The van der Waals surface area contributed by atoms with Gasteiger partial charge in [0.15, 0.2) is 23.9 Å². The summed E-state index contributed by atoms with van der Waals surface area (Å²) in [5, 5.41) is 12.4. The van der Waals surface area contributed by atoms with Gasteiger partial charge in [0.05, 0.1) is 5.69 Å². The molecule has 2 N–H and O–H groups in total. The summed E-state index contributed by atoms with van der Waals surface area (Å²) in [4.78, 5) is 35.9. The molecule has 27 heavy (non-hydrogen) atoms. The monoisotopic (exact) mass is 391 g/mol. The quantitative estimate of drug-likeness (QED) is 0.595. The van der Waals surface area contributed by atoms with Crippen LogP contribution in [0.2, 0.25) is 5.02 Å². The largest absolute Gasteiger partial charge is 0.507 e. The molecule has 2 aromatic rings. The molecule has 0 saturated carbocycles. The van der Waals surface area contributed by atoms with E-state index in [1.54, 1.807) is 0 Å². The Kier molecular flexibility index (Phi) is 5.18. The summed E-state index contributed by atoms with van der Waals surface area (Å²) in [6.07, 6.45) is 0. The fourth-order valence-electron chi connectivity index (χ4n) is 2.41. The smallest absolute Gasteiger partial charge is 0.342 e. The van der Waals surface area contributed by atoms with Gasteiger partial charge in [0, 0.05) is 16.7 Å². The van der Waals surface area contributed by atoms with Gasteiger partial charge in [0.2, 0.25) is 6.79 Å². The molecule has 0 unspecified atom stereocenters. The molecule has 0 bridgehead atoms. The number of hydrogen-bond donors (Lipinski definition) is 2. The van der Waals surface area contributed by atoms with E-state index in [1.807, 2.05) is 0 Å². The number of carbonyl (C=O) groups is 3. The molecule has 9 heteroatoms. The number of nitrogens with one attached hydrogen (secondary N) is 1. The molecular weight excluding hydrogens is 378 g/mol. The number of rotatable bonds is 5. The number of phenolic OH excluding ortho intramolecular Hbond substituents is 1. The van der Waals surface area contributed by atoms with Gasteiger partial charge < -0.3 is 24.6 Å². The van der Waals surface area contributed by atoms with E-state index in [-0.39, 0.29) is 40.2 Å². The maximum atomic E-state index is 12.1. The average molecular weight is 392 g/mol. The van der Waals surface area contributed by atoms with E-state index >= 15 is 0 Å². The number of amides is 1. The Morgan fingerprint density at radius 2 is 1.85 bits per heavy atom. The van der Waals surface area contributed by atoms with Crippen LogP contribution in [0.25, 0.3) is 0 Å². The molecule has 0 aromatic heterocycles. The van der Waals surface area contributed by atoms with Crippen molar-refractivity contribution in [3.63, 3.8) is 0 Å². The standard InChI is InChI=1S/C18H14ClNO7/c1-9(21)12-5-15-16(27-8-26-15)6-13(12)20-17(23)7-25-18(24)11-3-2-10(19)4-14(11)22/h2-6,22H,7-8H2,1H3,(H,20,23). The number of anilines is 1. The first-order chi connectivity index (χ1) is 12.8. The first kappa shape index (κ1) is 18.5. The van der Waals surface area contributed by atoms with Crippen molar-refractivity contribution in [1.29, 1.82) is 0 Å². The normalized spacial score (nSPS) is 11.8. The van der Waals surface area contributed by atoms with Crippen molar-refractivity contribution in [2.75, 3.05) is 18.7 Å². The van der Waals surface area contributed by atoms with Crippen molar-refractivity contribution in [2.45, 2.75) is 6.92 Å². The van der Waals surface area contributed by atoms with Gasteiger partial charge in [-0.3, -0.25) is 9.59 Å². The predicted octanol–water partition coefficient (Wildman–Crippen LogP) is 2.77. The van der Waals surface area contributed by atoms with Crippen molar-refractivity contribution in [3.8, 4) is 17.2 Å². The van der Waals surface area contributed by atoms with Crippen molar-refractivity contribution in [3.05, 3.63) is 46.5 Å². The van der Waals surface area contributed by atoms with Crippen LogP contribution in [-0.2, 0) is 9.53 Å². The van der Waals surface area contributed by atoms with Gasteiger partial charge in [0.1, 0.15) is 11.3 Å². The van der Waals surface area contributed by atoms with Gasteiger partial charge in [-0.15, -0.1) is 0 Å². The molecular formula is C18H14ClNO7. The number of ether oxygens (including phenoxy) is 3. The van der Waals surface area contributed by atoms with Crippen LogP contribution >= 0.6 is 11.6 Å². The van der Waals surface area contributed by atoms with Crippen LogP contribution in [-0.4, -0.2) is 36.2 Å². The van der Waals surface area contributed by atoms with Gasteiger partial charge in [-0.25, -0.2) is 4.79 Å². The number of Topliss-reactive ketones (excluding diaryl/α,β-unsaturated/α-hetero) is 1. The van der Waals surface area contributed by atoms with Crippen LogP contribution in [0.4, 0.5) is 5.69 Å². The average Bonchev–Trinajstić information content (AvgIpc) is 3.06. The number of fused-ring (bicyclic) bond motifs is 1. The fourth-order valence-corrected chi connectivity index (χ4v) is 2.58. The highest BCUT2D eigenvalue weighted by molar-refractivity contribution is 6.30. The Morgan fingerprint density at radius 3 is 2.52 bits per heavy atom. The van der Waals surface area contributed by atoms with Crippen LogP contribution in [0, 0.1) is 0 Å². The van der Waals surface area contributed by atoms with Crippen LogP contribution in [0.3, 0.4) is 0 Å². The van der Waals surface area contributed by atoms with Gasteiger partial charge in [0.25, 0.3) is 5.91 Å². The molecule has 3 rings (SSSR count). The van der Waals surface area contributed by atoms with Crippen molar-refractivity contribution in [1.82, 2.24) is 0 Å². The molecule has 140 valence electrons. The second-order valence-electron chi connectivity index (χ2n) is 5.59. The van der Waals surface area contributed by atoms with Crippen LogP contribution in [0.1, 0.15) is 27.6 Å². The van der Waals surface area contributed by atoms with Crippen LogP contribution in [0.5, 0.6) is 17.2 Å². The van der Waals surface area contributed by atoms with Gasteiger partial charge >= 0.3 is 5.97 Å². The summed E-state index contributed by atoms with van der Waals surface area (Å²) in [7, 11) is 0. The Labute approximate surface area is 158 Å². The zero-order valence-corrected chi connectivity index (χ0v) is 14.8. The second kappa shape index (κ2) is 7.55. The third-order valence-corrected chi connectivity index (χ3v) is 3.92. The van der Waals surface area contributed by atoms with Gasteiger partial charge in [-0.2, -0.15) is 0 Å². The topological polar surface area (TPSA) is 111 Å². The molecule has 0 spiro atoms. The van der Waals surface area contributed by atoms with E-state index in [0.717, 1.165) is 0 Å². The zero-order chi connectivity index (χ0) is 19.6. The Morgan fingerprint density at radius 1 is 1.15 bits per heavy atom. The van der Waals surface area contributed by atoms with E-state index in [1.165, 1.54) is 37.3 Å². The number of aromatic hydroxyl groups is 1. The minimum atomic E-state index is -0.892. The predicted molar refractivity (Wildman–Crippen MR) is 94.6 cm³/mol. The van der Waals surface area contributed by atoms with E-state index in [0.29, 0.717) is 11.5 Å². The highest BCUT2D eigenvalue weighted by Gasteiger charge is 2.21. The van der Waals surface area contributed by atoms with Crippen molar-refractivity contribution in [2.24, 2.45) is 0 Å². The summed E-state index contributed by atoms with van der Waals surface area (Å²) in [5.74, 6) is -1.41. The number of ketones is 1. The third kappa shape index (κ3) is 4.12. The lowest BCUT2D eigenvalue weighted by atomic mass is 10.1. The molecule has 2 aromatic carbocycles. The number of esters is 1. The molecule has 0 aliphatic carbocycles. The van der Waals surface area contributed by atoms with E-state index < -0.39 is 18.5 Å².